The van der Waals surface area contributed by atoms with E-state index in [-0.39, 0.29) is 30.7 Å². The average molecular weight is 388 g/mol. The first-order valence-electron chi connectivity index (χ1n) is 10.7. The highest BCUT2D eigenvalue weighted by Gasteiger charge is 2.56. The number of ether oxygens (including phenoxy) is 5. The summed E-state index contributed by atoms with van der Waals surface area (Å²) >= 11 is 0. The minimum absolute atomic E-state index is 0.0454. The predicted molar refractivity (Wildman–Crippen MR) is 106 cm³/mol. The van der Waals surface area contributed by atoms with Crippen molar-refractivity contribution in [3.05, 3.63) is 0 Å². The van der Waals surface area contributed by atoms with E-state index in [2.05, 4.69) is 32.8 Å². The van der Waals surface area contributed by atoms with E-state index >= 15 is 0 Å². The van der Waals surface area contributed by atoms with E-state index in [0.29, 0.717) is 6.61 Å². The van der Waals surface area contributed by atoms with Gasteiger partial charge < -0.3 is 28.6 Å². The molecule has 27 heavy (non-hydrogen) atoms. The van der Waals surface area contributed by atoms with Gasteiger partial charge in [-0.05, 0) is 54.3 Å². The molecule has 2 aliphatic rings. The molecule has 160 valence electrons. The van der Waals surface area contributed by atoms with E-state index in [1.165, 1.54) is 25.7 Å². The quantitative estimate of drug-likeness (QED) is 0.450. The lowest BCUT2D eigenvalue weighted by molar-refractivity contribution is -0.231. The largest absolute Gasteiger partial charge is 0.376 e. The molecule has 0 aromatic carbocycles. The van der Waals surface area contributed by atoms with Gasteiger partial charge in [-0.1, -0.05) is 32.6 Å². The van der Waals surface area contributed by atoms with Crippen molar-refractivity contribution >= 4 is 0 Å². The molecule has 2 rings (SSSR count). The third kappa shape index (κ3) is 7.26. The summed E-state index contributed by atoms with van der Waals surface area (Å²) in [6, 6.07) is 0. The molecule has 0 spiro atoms. The van der Waals surface area contributed by atoms with E-state index in [1.807, 2.05) is 13.8 Å². The predicted octanol–water partition coefficient (Wildman–Crippen LogP) is 3.58. The maximum atomic E-state index is 6.22. The zero-order valence-corrected chi connectivity index (χ0v) is 18.2. The van der Waals surface area contributed by atoms with Crippen LogP contribution in [0.25, 0.3) is 0 Å². The second-order valence-corrected chi connectivity index (χ2v) is 8.55. The lowest BCUT2D eigenvalue weighted by Gasteiger charge is -2.29. The molecule has 2 heterocycles. The molecule has 2 saturated heterocycles. The normalized spacial score (nSPS) is 30.8. The zero-order valence-electron chi connectivity index (χ0n) is 18.2. The first-order valence-corrected chi connectivity index (χ1v) is 10.7. The molecule has 0 aromatic rings. The molecule has 0 aromatic heterocycles. The monoisotopic (exact) mass is 387 g/mol. The fraction of sp³-hybridized carbons (Fsp3) is 1.00. The van der Waals surface area contributed by atoms with Gasteiger partial charge in [0.1, 0.15) is 18.3 Å². The second-order valence-electron chi connectivity index (χ2n) is 8.55. The van der Waals surface area contributed by atoms with E-state index in [1.54, 1.807) is 0 Å². The van der Waals surface area contributed by atoms with Gasteiger partial charge in [0.05, 0.1) is 6.10 Å². The van der Waals surface area contributed by atoms with Crippen LogP contribution in [0.2, 0.25) is 0 Å². The van der Waals surface area contributed by atoms with Crippen LogP contribution < -0.4 is 0 Å². The van der Waals surface area contributed by atoms with Gasteiger partial charge in [0.25, 0.3) is 0 Å². The average Bonchev–Trinajstić information content (AvgIpc) is 3.06. The highest BCUT2D eigenvalue weighted by Crippen LogP contribution is 2.40. The van der Waals surface area contributed by atoms with Crippen LogP contribution in [0.1, 0.15) is 66.2 Å². The number of rotatable bonds is 13. The van der Waals surface area contributed by atoms with Gasteiger partial charge in [0.15, 0.2) is 12.1 Å². The Morgan fingerprint density at radius 3 is 2.44 bits per heavy atom. The highest BCUT2D eigenvalue weighted by atomic mass is 16.8. The van der Waals surface area contributed by atoms with Crippen LogP contribution in [0.3, 0.4) is 0 Å². The van der Waals surface area contributed by atoms with Gasteiger partial charge in [-0.2, -0.15) is 0 Å². The van der Waals surface area contributed by atoms with Gasteiger partial charge in [0.2, 0.25) is 0 Å². The molecule has 2 fully saturated rings. The Hall–Kier alpha value is -0.240. The van der Waals surface area contributed by atoms with E-state index in [0.717, 1.165) is 26.0 Å². The summed E-state index contributed by atoms with van der Waals surface area (Å²) in [5, 5.41) is 0. The molecule has 0 radical (unpaired) electrons. The van der Waals surface area contributed by atoms with Crippen molar-refractivity contribution in [1.82, 2.24) is 4.90 Å². The van der Waals surface area contributed by atoms with Crippen LogP contribution in [-0.4, -0.2) is 75.2 Å². The smallest absolute Gasteiger partial charge is 0.190 e. The number of nitrogens with zero attached hydrogens (tertiary/aromatic N) is 1. The van der Waals surface area contributed by atoms with Crippen LogP contribution in [0.15, 0.2) is 0 Å². The van der Waals surface area contributed by atoms with E-state index < -0.39 is 5.79 Å². The fourth-order valence-electron chi connectivity index (χ4n) is 3.74. The Kier molecular flexibility index (Phi) is 9.45. The molecule has 0 aliphatic carbocycles. The maximum absolute atomic E-state index is 6.22. The minimum Gasteiger partial charge on any atom is -0.376 e. The summed E-state index contributed by atoms with van der Waals surface area (Å²) in [4.78, 5) is 2.16. The number of hydrogen-bond acceptors (Lipinski definition) is 6. The molecular formula is C21H41NO5. The van der Waals surface area contributed by atoms with Crippen LogP contribution in [0.4, 0.5) is 0 Å². The lowest BCUT2D eigenvalue weighted by atomic mass is 10.1. The summed E-state index contributed by atoms with van der Waals surface area (Å²) in [5.41, 5.74) is 0. The molecule has 0 bridgehead atoms. The second kappa shape index (κ2) is 11.1. The Morgan fingerprint density at radius 2 is 1.74 bits per heavy atom. The van der Waals surface area contributed by atoms with Crippen molar-refractivity contribution in [3.8, 4) is 0 Å². The summed E-state index contributed by atoms with van der Waals surface area (Å²) in [5.74, 6) is -0.630. The lowest BCUT2D eigenvalue weighted by Crippen LogP contribution is -2.43. The third-order valence-electron chi connectivity index (χ3n) is 5.18. The first kappa shape index (κ1) is 23.0. The van der Waals surface area contributed by atoms with Crippen LogP contribution >= 0.6 is 0 Å². The molecular weight excluding hydrogens is 346 g/mol. The Bertz CT molecular complexity index is 417. The number of unbranched alkanes of at least 4 members (excludes halogenated alkanes) is 4. The maximum Gasteiger partial charge on any atom is 0.190 e. The van der Waals surface area contributed by atoms with Gasteiger partial charge >= 0.3 is 0 Å². The van der Waals surface area contributed by atoms with E-state index in [4.69, 9.17) is 23.7 Å². The molecule has 0 unspecified atom stereocenters. The Balaban J connectivity index is 1.82. The van der Waals surface area contributed by atoms with Gasteiger partial charge in [-0.15, -0.1) is 0 Å². The van der Waals surface area contributed by atoms with Crippen molar-refractivity contribution in [1.29, 1.82) is 0 Å². The Morgan fingerprint density at radius 1 is 1.00 bits per heavy atom. The summed E-state index contributed by atoms with van der Waals surface area (Å²) < 4.78 is 30.4. The first-order chi connectivity index (χ1) is 12.8. The molecule has 5 atom stereocenters. The zero-order chi connectivity index (χ0) is 19.9. The molecule has 0 N–H and O–H groups in total. The van der Waals surface area contributed by atoms with Crippen molar-refractivity contribution in [2.75, 3.05) is 33.9 Å². The Labute approximate surface area is 165 Å². The van der Waals surface area contributed by atoms with Crippen LogP contribution in [-0.2, 0) is 23.7 Å². The van der Waals surface area contributed by atoms with Gasteiger partial charge in [0, 0.05) is 13.2 Å². The van der Waals surface area contributed by atoms with Crippen molar-refractivity contribution in [2.24, 2.45) is 0 Å². The van der Waals surface area contributed by atoms with E-state index in [9.17, 15) is 0 Å². The van der Waals surface area contributed by atoms with Crippen molar-refractivity contribution in [2.45, 2.75) is 103 Å². The fourth-order valence-corrected chi connectivity index (χ4v) is 3.74. The van der Waals surface area contributed by atoms with Gasteiger partial charge in [-0.3, -0.25) is 0 Å². The standard InChI is InChI=1S/C21H41NO5/c1-7-8-9-10-11-14-23-16(2)17-18(24-15-12-13-22(5)6)19-20(25-17)27-21(3,4)26-19/h16-20H,7-15H2,1-6H3/t16-,17-,18+,19-,20-/m1/s1. The highest BCUT2D eigenvalue weighted by molar-refractivity contribution is 4.96. The summed E-state index contributed by atoms with van der Waals surface area (Å²) in [6.07, 6.45) is 6.21. The number of fused-ring (bicyclic) bond motifs is 1. The van der Waals surface area contributed by atoms with Crippen molar-refractivity contribution in [3.63, 3.8) is 0 Å². The van der Waals surface area contributed by atoms with Crippen LogP contribution in [0.5, 0.6) is 0 Å². The molecule has 6 heteroatoms. The number of hydrogen-bond donors (Lipinski definition) is 0. The minimum atomic E-state index is -0.630. The molecule has 0 saturated carbocycles. The van der Waals surface area contributed by atoms with Crippen molar-refractivity contribution < 1.29 is 23.7 Å². The third-order valence-corrected chi connectivity index (χ3v) is 5.18. The summed E-state index contributed by atoms with van der Waals surface area (Å²) in [6.45, 7) is 10.6. The van der Waals surface area contributed by atoms with Gasteiger partial charge in [-0.25, -0.2) is 0 Å². The topological polar surface area (TPSA) is 49.4 Å². The van der Waals surface area contributed by atoms with Crippen LogP contribution in [0, 0.1) is 0 Å². The molecule has 0 amide bonds. The molecule has 2 aliphatic heterocycles. The summed E-state index contributed by atoms with van der Waals surface area (Å²) in [7, 11) is 4.15. The molecule has 6 nitrogen and oxygen atoms in total. The SMILES string of the molecule is CCCCCCCO[C@H](C)[C@H]1O[C@@H]2OC(C)(C)O[C@@H]2[C@H]1OCCCN(C)C.